The third-order valence-electron chi connectivity index (χ3n) is 16.7. The van der Waals surface area contributed by atoms with E-state index >= 15 is 0 Å². The van der Waals surface area contributed by atoms with Gasteiger partial charge < -0.3 is 33.8 Å². The Balaban J connectivity index is 5.49. The lowest BCUT2D eigenvalue weighted by Gasteiger charge is -2.21. The zero-order valence-electron chi connectivity index (χ0n) is 67.2. The van der Waals surface area contributed by atoms with E-state index in [0.29, 0.717) is 32.1 Å². The molecule has 5 atom stereocenters. The molecule has 108 heavy (non-hydrogen) atoms. The van der Waals surface area contributed by atoms with Crippen LogP contribution in [-0.4, -0.2) is 96.7 Å². The van der Waals surface area contributed by atoms with E-state index in [2.05, 4.69) is 180 Å². The van der Waals surface area contributed by atoms with Crippen molar-refractivity contribution in [2.75, 3.05) is 39.6 Å². The summed E-state index contributed by atoms with van der Waals surface area (Å²) in [7, 11) is -10.0. The highest BCUT2D eigenvalue weighted by Gasteiger charge is 2.30. The van der Waals surface area contributed by atoms with Crippen LogP contribution in [0.15, 0.2) is 170 Å². The average molecular weight is 1550 g/mol. The standard InChI is InChI=1S/C89H146O17P2/c1-5-9-13-17-21-25-29-33-37-40-41-44-47-50-54-58-62-66-70-74-87(92)100-80-85(106-89(94)76-72-68-64-60-56-52-48-43-39-35-31-27-23-19-15-11-7-3)82-104-108(97,98)102-78-83(90)77-101-107(95,96)103-81-84(105-88(93)75-71-67-63-59-55-51-45-36-32-28-24-20-16-12-8-4)79-99-86(91)73-69-65-61-57-53-49-46-42-38-34-30-26-22-18-14-10-6-2/h9-11,13-15,21-23,25-27,33-35,37-39,41,44,46,48-50,52,54,62,66,83-85,90H,5-8,12,16-20,24,28-32,36,40,42-43,45,47,51,53,55-61,63-65,67-82H2,1-4H3,(H,95,96)(H,97,98)/b13-9-,14-10-,15-11-,25-21-,26-22-,27-23-,37-33-,38-34-,39-35-,44-41-,49-46-,52-48-,54-50-,66-62-. The molecule has 5 unspecified atom stereocenters. The van der Waals surface area contributed by atoms with Gasteiger partial charge in [-0.15, -0.1) is 0 Å². The summed E-state index contributed by atoms with van der Waals surface area (Å²) in [5.74, 6) is -2.33. The summed E-state index contributed by atoms with van der Waals surface area (Å²) in [4.78, 5) is 73.1. The van der Waals surface area contributed by atoms with E-state index in [9.17, 15) is 43.2 Å². The SMILES string of the molecule is CC/C=C\C/C=C\C/C=C\C/C=C\C/C=C\C/C=C\CCC(=O)OCC(COP(=O)(O)OCC(O)COP(=O)(O)OCC(COC(=O)CCCCCC/C=C\C/C=C\C/C=C\C/C=C\CC)OC(=O)CCCCCCCCCCCCCCCCC)OC(=O)CCCCCC/C=C\C/C=C\C/C=C\C/C=C\CC. The number of phosphoric acid groups is 2. The Hall–Kier alpha value is -5.58. The summed E-state index contributed by atoms with van der Waals surface area (Å²) >= 11 is 0. The van der Waals surface area contributed by atoms with E-state index < -0.39 is 97.5 Å². The lowest BCUT2D eigenvalue weighted by molar-refractivity contribution is -0.161. The maximum atomic E-state index is 13.1. The predicted octanol–water partition coefficient (Wildman–Crippen LogP) is 24.6. The molecule has 0 saturated heterocycles. The lowest BCUT2D eigenvalue weighted by atomic mass is 10.0. The molecule has 0 rings (SSSR count). The monoisotopic (exact) mass is 1550 g/mol. The third kappa shape index (κ3) is 78.5. The number of unbranched alkanes of at least 4 members (excludes halogenated alkanes) is 22. The van der Waals surface area contributed by atoms with Crippen molar-refractivity contribution in [3.05, 3.63) is 170 Å². The Morgan fingerprint density at radius 1 is 0.269 bits per heavy atom. The van der Waals surface area contributed by atoms with Gasteiger partial charge in [0, 0.05) is 25.7 Å². The number of esters is 4. The van der Waals surface area contributed by atoms with Crippen LogP contribution in [0, 0.1) is 0 Å². The van der Waals surface area contributed by atoms with Crippen LogP contribution in [0.3, 0.4) is 0 Å². The minimum atomic E-state index is -5.01. The molecule has 0 spiro atoms. The number of hydrogen-bond acceptors (Lipinski definition) is 15. The zero-order chi connectivity index (χ0) is 78.9. The molecule has 19 heteroatoms. The van der Waals surface area contributed by atoms with Crippen LogP contribution in [0.25, 0.3) is 0 Å². The van der Waals surface area contributed by atoms with Crippen LogP contribution in [0.5, 0.6) is 0 Å². The van der Waals surface area contributed by atoms with Crippen LogP contribution in [0.2, 0.25) is 0 Å². The number of allylic oxidation sites excluding steroid dienone is 28. The average Bonchev–Trinajstić information content (AvgIpc) is 0.906. The summed E-state index contributed by atoms with van der Waals surface area (Å²) in [6, 6.07) is 0. The molecule has 0 heterocycles. The maximum Gasteiger partial charge on any atom is 0.472 e. The first-order valence-corrected chi connectivity index (χ1v) is 44.4. The fraction of sp³-hybridized carbons (Fsp3) is 0.640. The number of carbonyl (C=O) groups excluding carboxylic acids is 4. The van der Waals surface area contributed by atoms with Gasteiger partial charge in [0.1, 0.15) is 19.3 Å². The number of carbonyl (C=O) groups is 4. The van der Waals surface area contributed by atoms with Gasteiger partial charge in [-0.05, 0) is 141 Å². The molecule has 0 aliphatic rings. The molecule has 0 saturated carbocycles. The Bertz CT molecular complexity index is 2710. The van der Waals surface area contributed by atoms with Gasteiger partial charge in [0.25, 0.3) is 0 Å². The number of aliphatic hydroxyl groups is 1. The lowest BCUT2D eigenvalue weighted by Crippen LogP contribution is -2.30. The minimum Gasteiger partial charge on any atom is -0.462 e. The summed E-state index contributed by atoms with van der Waals surface area (Å²) in [5, 5.41) is 10.7. The van der Waals surface area contributed by atoms with E-state index in [4.69, 9.17) is 37.0 Å². The molecule has 0 aromatic carbocycles. The van der Waals surface area contributed by atoms with Gasteiger partial charge in [0.15, 0.2) is 12.2 Å². The van der Waals surface area contributed by atoms with Crippen molar-refractivity contribution < 1.29 is 80.2 Å². The smallest absolute Gasteiger partial charge is 0.462 e. The summed E-state index contributed by atoms with van der Waals surface area (Å²) in [6.07, 6.45) is 94.8. The molecule has 3 N–H and O–H groups in total. The molecule has 0 amide bonds. The highest BCUT2D eigenvalue weighted by atomic mass is 31.2. The van der Waals surface area contributed by atoms with E-state index in [1.807, 2.05) is 18.2 Å². The molecule has 0 aromatic rings. The number of aliphatic hydroxyl groups excluding tert-OH is 1. The van der Waals surface area contributed by atoms with Crippen LogP contribution >= 0.6 is 15.6 Å². The van der Waals surface area contributed by atoms with E-state index in [1.165, 1.54) is 64.2 Å². The fourth-order valence-electron chi connectivity index (χ4n) is 10.5. The molecule has 0 bridgehead atoms. The summed E-state index contributed by atoms with van der Waals surface area (Å²) in [6.45, 7) is 4.41. The second-order valence-electron chi connectivity index (χ2n) is 26.9. The molecule has 0 fully saturated rings. The Labute approximate surface area is 654 Å². The van der Waals surface area contributed by atoms with Crippen LogP contribution in [0.4, 0.5) is 0 Å². The van der Waals surface area contributed by atoms with Gasteiger partial charge in [0.2, 0.25) is 0 Å². The van der Waals surface area contributed by atoms with Gasteiger partial charge in [-0.25, -0.2) is 9.13 Å². The highest BCUT2D eigenvalue weighted by molar-refractivity contribution is 7.47. The van der Waals surface area contributed by atoms with Gasteiger partial charge in [-0.2, -0.15) is 0 Å². The number of hydrogen-bond donors (Lipinski definition) is 3. The molecular weight excluding hydrogens is 1400 g/mol. The second kappa shape index (κ2) is 79.5. The van der Waals surface area contributed by atoms with Crippen molar-refractivity contribution in [1.29, 1.82) is 0 Å². The van der Waals surface area contributed by atoms with Gasteiger partial charge in [0.05, 0.1) is 26.4 Å². The van der Waals surface area contributed by atoms with E-state index in [0.717, 1.165) is 161 Å². The van der Waals surface area contributed by atoms with E-state index in [-0.39, 0.29) is 25.7 Å². The van der Waals surface area contributed by atoms with Gasteiger partial charge in [-0.3, -0.25) is 37.3 Å². The van der Waals surface area contributed by atoms with Crippen molar-refractivity contribution in [2.45, 2.75) is 329 Å². The van der Waals surface area contributed by atoms with Crippen molar-refractivity contribution in [3.8, 4) is 0 Å². The first-order valence-electron chi connectivity index (χ1n) is 41.4. The van der Waals surface area contributed by atoms with Crippen LogP contribution < -0.4 is 0 Å². The molecule has 17 nitrogen and oxygen atoms in total. The zero-order valence-corrected chi connectivity index (χ0v) is 69.0. The van der Waals surface area contributed by atoms with Crippen molar-refractivity contribution in [1.82, 2.24) is 0 Å². The Kier molecular flexibility index (Phi) is 75.4. The highest BCUT2D eigenvalue weighted by Crippen LogP contribution is 2.45. The molecule has 0 radical (unpaired) electrons. The van der Waals surface area contributed by atoms with Crippen molar-refractivity contribution in [2.24, 2.45) is 0 Å². The van der Waals surface area contributed by atoms with Crippen LogP contribution in [0.1, 0.15) is 310 Å². The number of rotatable bonds is 76. The minimum absolute atomic E-state index is 0.0244. The maximum absolute atomic E-state index is 13.1. The third-order valence-corrected chi connectivity index (χ3v) is 18.6. The second-order valence-corrected chi connectivity index (χ2v) is 29.8. The number of phosphoric ester groups is 2. The van der Waals surface area contributed by atoms with Gasteiger partial charge in [-0.1, -0.05) is 313 Å². The quantitative estimate of drug-likeness (QED) is 0.0169. The summed E-state index contributed by atoms with van der Waals surface area (Å²) in [5.41, 5.74) is 0. The Morgan fingerprint density at radius 2 is 0.500 bits per heavy atom. The molecule has 0 aliphatic heterocycles. The molecule has 0 aliphatic carbocycles. The molecular formula is C89H146O17P2. The fourth-order valence-corrected chi connectivity index (χ4v) is 12.1. The van der Waals surface area contributed by atoms with Crippen molar-refractivity contribution in [3.63, 3.8) is 0 Å². The van der Waals surface area contributed by atoms with Crippen molar-refractivity contribution >= 4 is 39.5 Å². The Morgan fingerprint density at radius 3 is 0.796 bits per heavy atom. The van der Waals surface area contributed by atoms with E-state index in [1.54, 1.807) is 0 Å². The molecule has 614 valence electrons. The first-order chi connectivity index (χ1) is 52.7. The normalized spacial score (nSPS) is 14.7. The summed E-state index contributed by atoms with van der Waals surface area (Å²) < 4.78 is 68.6. The topological polar surface area (TPSA) is 237 Å². The largest absolute Gasteiger partial charge is 0.472 e. The predicted molar refractivity (Wildman–Crippen MR) is 445 cm³/mol. The first kappa shape index (κ1) is 102. The van der Waals surface area contributed by atoms with Crippen LogP contribution in [-0.2, 0) is 65.4 Å². The number of ether oxygens (including phenoxy) is 4. The molecule has 0 aromatic heterocycles. The van der Waals surface area contributed by atoms with Gasteiger partial charge >= 0.3 is 39.5 Å².